The summed E-state index contributed by atoms with van der Waals surface area (Å²) in [5.74, 6) is -0.958. The van der Waals surface area contributed by atoms with E-state index in [1.165, 1.54) is 24.4 Å². The van der Waals surface area contributed by atoms with Gasteiger partial charge in [-0.25, -0.2) is 23.9 Å². The number of amides is 1. The van der Waals surface area contributed by atoms with Crippen LogP contribution in [0.2, 0.25) is 0 Å². The number of halogens is 2. The van der Waals surface area contributed by atoms with Crippen LogP contribution in [-0.4, -0.2) is 64.0 Å². The average molecular weight is 609 g/mol. The van der Waals surface area contributed by atoms with Crippen LogP contribution in [-0.2, 0) is 6.42 Å². The fraction of sp³-hybridized carbons (Fsp3) is 0.219. The summed E-state index contributed by atoms with van der Waals surface area (Å²) >= 11 is 0. The summed E-state index contributed by atoms with van der Waals surface area (Å²) < 4.78 is 36.1. The number of rotatable bonds is 7. The van der Waals surface area contributed by atoms with Crippen molar-refractivity contribution in [2.24, 2.45) is 0 Å². The number of nitrogens with zero attached hydrogens (tertiary/aromatic N) is 8. The Hall–Kier alpha value is -5.59. The fourth-order valence-electron chi connectivity index (χ4n) is 5.67. The molecule has 1 amide bonds. The normalized spacial score (nSPS) is 13.9. The predicted molar refractivity (Wildman–Crippen MR) is 157 cm³/mol. The first-order valence-corrected chi connectivity index (χ1v) is 14.4. The van der Waals surface area contributed by atoms with Crippen molar-refractivity contribution in [3.63, 3.8) is 0 Å². The SMILES string of the molecule is Cc1cc(C(=O)N2CCC(n3cnc(-c4ccc(F)cc4)c3-c3ccc4nc(CC(=O)c5ccnc(F)c5)cn4n3)CC2)no1. The molecule has 0 saturated carbocycles. The minimum Gasteiger partial charge on any atom is -0.361 e. The van der Waals surface area contributed by atoms with Crippen molar-refractivity contribution < 1.29 is 22.9 Å². The number of fused-ring (bicyclic) bond motifs is 1. The first kappa shape index (κ1) is 28.2. The molecule has 1 aliphatic heterocycles. The van der Waals surface area contributed by atoms with E-state index in [9.17, 15) is 18.4 Å². The first-order chi connectivity index (χ1) is 21.8. The second kappa shape index (κ2) is 11.5. The highest BCUT2D eigenvalue weighted by molar-refractivity contribution is 5.97. The molecule has 5 aromatic heterocycles. The number of carbonyl (C=O) groups excluding carboxylic acids is 2. The lowest BCUT2D eigenvalue weighted by atomic mass is 10.0. The molecule has 1 fully saturated rings. The van der Waals surface area contributed by atoms with Crippen molar-refractivity contribution in [3.8, 4) is 22.6 Å². The van der Waals surface area contributed by atoms with E-state index in [0.29, 0.717) is 60.1 Å². The third-order valence-electron chi connectivity index (χ3n) is 7.91. The molecule has 1 aromatic carbocycles. The van der Waals surface area contributed by atoms with Crippen LogP contribution < -0.4 is 0 Å². The fourth-order valence-corrected chi connectivity index (χ4v) is 5.67. The number of hydrogen-bond acceptors (Lipinski definition) is 8. The van der Waals surface area contributed by atoms with E-state index >= 15 is 0 Å². The summed E-state index contributed by atoms with van der Waals surface area (Å²) in [5.41, 5.74) is 4.21. The Morgan fingerprint density at radius 1 is 1.00 bits per heavy atom. The van der Waals surface area contributed by atoms with Gasteiger partial charge >= 0.3 is 0 Å². The zero-order valence-corrected chi connectivity index (χ0v) is 24.1. The van der Waals surface area contributed by atoms with Gasteiger partial charge in [-0.3, -0.25) is 9.59 Å². The van der Waals surface area contributed by atoms with Crippen molar-refractivity contribution in [1.29, 1.82) is 0 Å². The second-order valence-corrected chi connectivity index (χ2v) is 10.9. The number of pyridine rings is 1. The van der Waals surface area contributed by atoms with E-state index in [-0.39, 0.29) is 35.5 Å². The molecule has 0 bridgehead atoms. The summed E-state index contributed by atoms with van der Waals surface area (Å²) in [6, 6.07) is 14.0. The zero-order valence-electron chi connectivity index (χ0n) is 24.1. The Balaban J connectivity index is 1.19. The van der Waals surface area contributed by atoms with Gasteiger partial charge < -0.3 is 14.0 Å². The second-order valence-electron chi connectivity index (χ2n) is 10.9. The molecule has 7 rings (SSSR count). The molecule has 11 nitrogen and oxygen atoms in total. The monoisotopic (exact) mass is 608 g/mol. The summed E-state index contributed by atoms with van der Waals surface area (Å²) in [4.78, 5) is 40.2. The Kier molecular flexibility index (Phi) is 7.20. The maximum absolute atomic E-state index is 13.8. The van der Waals surface area contributed by atoms with Crippen LogP contribution in [0.5, 0.6) is 0 Å². The number of aryl methyl sites for hydroxylation is 1. The van der Waals surface area contributed by atoms with Crippen molar-refractivity contribution in [2.75, 3.05) is 13.1 Å². The molecule has 1 aliphatic rings. The summed E-state index contributed by atoms with van der Waals surface area (Å²) in [5, 5.41) is 8.70. The van der Waals surface area contributed by atoms with Gasteiger partial charge in [-0.05, 0) is 62.2 Å². The van der Waals surface area contributed by atoms with Gasteiger partial charge in [-0.15, -0.1) is 0 Å². The molecule has 0 atom stereocenters. The Morgan fingerprint density at radius 2 is 1.80 bits per heavy atom. The number of hydrogen-bond donors (Lipinski definition) is 0. The average Bonchev–Trinajstić information content (AvgIpc) is 3.79. The maximum Gasteiger partial charge on any atom is 0.276 e. The Morgan fingerprint density at radius 3 is 2.53 bits per heavy atom. The minimum atomic E-state index is -0.724. The lowest BCUT2D eigenvalue weighted by Crippen LogP contribution is -2.39. The molecule has 6 heterocycles. The van der Waals surface area contributed by atoms with E-state index < -0.39 is 5.95 Å². The highest BCUT2D eigenvalue weighted by Gasteiger charge is 2.29. The molecule has 0 aliphatic carbocycles. The largest absolute Gasteiger partial charge is 0.361 e. The van der Waals surface area contributed by atoms with Crippen LogP contribution in [0.25, 0.3) is 28.3 Å². The topological polar surface area (TPSA) is 124 Å². The van der Waals surface area contributed by atoms with Crippen molar-refractivity contribution >= 4 is 17.3 Å². The van der Waals surface area contributed by atoms with Gasteiger partial charge in [0, 0.05) is 48.6 Å². The minimum absolute atomic E-state index is 0.0130. The predicted octanol–water partition coefficient (Wildman–Crippen LogP) is 5.13. The number of Topliss-reactive ketones (excluding diaryl/α,β-unsaturated/α-hetero) is 1. The summed E-state index contributed by atoms with van der Waals surface area (Å²) in [6.45, 7) is 2.78. The van der Waals surface area contributed by atoms with Crippen LogP contribution in [0.3, 0.4) is 0 Å². The molecule has 1 saturated heterocycles. The van der Waals surface area contributed by atoms with Crippen LogP contribution in [0, 0.1) is 18.7 Å². The zero-order chi connectivity index (χ0) is 31.1. The molecular formula is C32H26F2N8O3. The van der Waals surface area contributed by atoms with E-state index in [0.717, 1.165) is 17.3 Å². The van der Waals surface area contributed by atoms with Gasteiger partial charge in [0.05, 0.1) is 36.0 Å². The Bertz CT molecular complexity index is 2040. The van der Waals surface area contributed by atoms with Crippen molar-refractivity contribution in [2.45, 2.75) is 32.2 Å². The van der Waals surface area contributed by atoms with Gasteiger partial charge in [0.25, 0.3) is 5.91 Å². The van der Waals surface area contributed by atoms with E-state index in [2.05, 4.69) is 19.7 Å². The van der Waals surface area contributed by atoms with E-state index in [4.69, 9.17) is 14.6 Å². The van der Waals surface area contributed by atoms with Crippen LogP contribution in [0.15, 0.2) is 77.8 Å². The lowest BCUT2D eigenvalue weighted by molar-refractivity contribution is 0.0684. The molecule has 226 valence electrons. The van der Waals surface area contributed by atoms with Crippen LogP contribution in [0.4, 0.5) is 8.78 Å². The molecule has 45 heavy (non-hydrogen) atoms. The third-order valence-corrected chi connectivity index (χ3v) is 7.91. The quantitative estimate of drug-likeness (QED) is 0.180. The number of imidazole rings is 2. The molecule has 0 spiro atoms. The smallest absolute Gasteiger partial charge is 0.276 e. The van der Waals surface area contributed by atoms with Crippen molar-refractivity contribution in [3.05, 3.63) is 108 Å². The van der Waals surface area contributed by atoms with Crippen LogP contribution in [0.1, 0.15) is 51.2 Å². The van der Waals surface area contributed by atoms with Gasteiger partial charge in [0.1, 0.15) is 17.3 Å². The molecule has 0 N–H and O–H groups in total. The first-order valence-electron chi connectivity index (χ1n) is 14.4. The standard InChI is InChI=1S/C32H26F2N8O3/c1-19-14-26(39-45-19)32(44)40-12-9-24(10-13-40)41-18-36-30(20-2-4-22(33)5-3-20)31(41)25-6-7-29-37-23(17-42(29)38-25)16-27(43)21-8-11-35-28(34)15-21/h2-8,11,14-15,17-18,24H,9-10,12-13,16H2,1H3. The van der Waals surface area contributed by atoms with E-state index in [1.54, 1.807) is 53.1 Å². The molecule has 13 heteroatoms. The summed E-state index contributed by atoms with van der Waals surface area (Å²) in [7, 11) is 0. The highest BCUT2D eigenvalue weighted by Crippen LogP contribution is 2.35. The van der Waals surface area contributed by atoms with Crippen LogP contribution >= 0.6 is 0 Å². The Labute approximate surface area is 255 Å². The number of carbonyl (C=O) groups is 2. The third kappa shape index (κ3) is 5.59. The molecular weight excluding hydrogens is 582 g/mol. The lowest BCUT2D eigenvalue weighted by Gasteiger charge is -2.33. The number of likely N-dealkylation sites (tertiary alicyclic amines) is 1. The van der Waals surface area contributed by atoms with Gasteiger partial charge in [0.2, 0.25) is 5.95 Å². The highest BCUT2D eigenvalue weighted by atomic mass is 19.1. The number of ketones is 1. The van der Waals surface area contributed by atoms with E-state index in [1.807, 2.05) is 6.07 Å². The van der Waals surface area contributed by atoms with Gasteiger partial charge in [-0.2, -0.15) is 9.49 Å². The maximum atomic E-state index is 13.8. The number of benzene rings is 1. The summed E-state index contributed by atoms with van der Waals surface area (Å²) in [6.07, 6.45) is 5.98. The number of aromatic nitrogens is 7. The molecule has 6 aromatic rings. The molecule has 0 radical (unpaired) electrons. The number of piperidine rings is 1. The van der Waals surface area contributed by atoms with Crippen molar-refractivity contribution in [1.82, 2.24) is 39.2 Å². The molecule has 0 unspecified atom stereocenters. The van der Waals surface area contributed by atoms with Gasteiger partial charge in [-0.1, -0.05) is 5.16 Å². The van der Waals surface area contributed by atoms with Gasteiger partial charge in [0.15, 0.2) is 17.1 Å².